The second-order valence-electron chi connectivity index (χ2n) is 4.57. The van der Waals surface area contributed by atoms with Gasteiger partial charge in [-0.25, -0.2) is 9.97 Å². The molecule has 2 aromatic rings. The lowest BCUT2D eigenvalue weighted by atomic mass is 10.2. The molecule has 21 heavy (non-hydrogen) atoms. The van der Waals surface area contributed by atoms with Crippen molar-refractivity contribution in [3.8, 4) is 11.4 Å². The Bertz CT molecular complexity index is 620. The Morgan fingerprint density at radius 1 is 1.19 bits per heavy atom. The summed E-state index contributed by atoms with van der Waals surface area (Å²) in [6.07, 6.45) is 1.94. The molecule has 0 saturated carbocycles. The molecule has 1 N–H and O–H groups in total. The Balaban J connectivity index is 2.53. The van der Waals surface area contributed by atoms with Crippen LogP contribution in [0, 0.1) is 0 Å². The zero-order chi connectivity index (χ0) is 15.4. The van der Waals surface area contributed by atoms with Gasteiger partial charge in [0, 0.05) is 16.6 Å². The number of rotatable bonds is 5. The van der Waals surface area contributed by atoms with Crippen LogP contribution >= 0.6 is 43.5 Å². The first-order valence-corrected chi connectivity index (χ1v) is 8.78. The van der Waals surface area contributed by atoms with Crippen molar-refractivity contribution in [2.75, 3.05) is 11.9 Å². The van der Waals surface area contributed by atoms with Crippen molar-refractivity contribution >= 4 is 49.3 Å². The van der Waals surface area contributed by atoms with Crippen molar-refractivity contribution in [2.24, 2.45) is 0 Å². The lowest BCUT2D eigenvalue weighted by Crippen LogP contribution is -2.06. The van der Waals surface area contributed by atoms with Crippen LogP contribution in [0.25, 0.3) is 11.4 Å². The van der Waals surface area contributed by atoms with Crippen LogP contribution in [0.3, 0.4) is 0 Å². The van der Waals surface area contributed by atoms with E-state index in [1.165, 1.54) is 0 Å². The standard InChI is InChI=1S/C15H16Br2ClN3/c1-3-5-12-13(17)15(19-4-2)21-14(20-12)9-6-7-11(18)10(16)8-9/h6-8H,3-5H2,1-2H3,(H,19,20,21). The van der Waals surface area contributed by atoms with Gasteiger partial charge in [-0.2, -0.15) is 0 Å². The molecule has 0 aliphatic carbocycles. The minimum atomic E-state index is 0.677. The van der Waals surface area contributed by atoms with Crippen molar-refractivity contribution < 1.29 is 0 Å². The van der Waals surface area contributed by atoms with E-state index >= 15 is 0 Å². The molecule has 2 rings (SSSR count). The van der Waals surface area contributed by atoms with E-state index in [1.54, 1.807) is 0 Å². The van der Waals surface area contributed by atoms with Crippen LogP contribution in [-0.2, 0) is 6.42 Å². The minimum Gasteiger partial charge on any atom is -0.369 e. The Labute approximate surface area is 146 Å². The van der Waals surface area contributed by atoms with E-state index in [9.17, 15) is 0 Å². The van der Waals surface area contributed by atoms with Crippen LogP contribution in [0.1, 0.15) is 26.0 Å². The first kappa shape index (κ1) is 16.7. The number of nitrogens with zero attached hydrogens (tertiary/aromatic N) is 2. The summed E-state index contributed by atoms with van der Waals surface area (Å²) in [7, 11) is 0. The van der Waals surface area contributed by atoms with Gasteiger partial charge >= 0.3 is 0 Å². The van der Waals surface area contributed by atoms with E-state index in [4.69, 9.17) is 11.6 Å². The molecule has 0 radical (unpaired) electrons. The van der Waals surface area contributed by atoms with Crippen LogP contribution in [0.5, 0.6) is 0 Å². The van der Waals surface area contributed by atoms with E-state index in [2.05, 4.69) is 54.1 Å². The highest BCUT2D eigenvalue weighted by Crippen LogP contribution is 2.31. The number of anilines is 1. The second-order valence-corrected chi connectivity index (χ2v) is 6.62. The van der Waals surface area contributed by atoms with E-state index in [0.717, 1.165) is 45.4 Å². The first-order chi connectivity index (χ1) is 10.1. The van der Waals surface area contributed by atoms with E-state index in [0.29, 0.717) is 10.8 Å². The van der Waals surface area contributed by atoms with Crippen molar-refractivity contribution in [1.29, 1.82) is 0 Å². The van der Waals surface area contributed by atoms with Gasteiger partial charge in [0.05, 0.1) is 15.2 Å². The summed E-state index contributed by atoms with van der Waals surface area (Å²) in [5.41, 5.74) is 1.96. The molecule has 3 nitrogen and oxygen atoms in total. The Morgan fingerprint density at radius 2 is 1.95 bits per heavy atom. The molecule has 1 heterocycles. The van der Waals surface area contributed by atoms with Gasteiger partial charge in [-0.15, -0.1) is 0 Å². The van der Waals surface area contributed by atoms with Crippen LogP contribution in [0.2, 0.25) is 5.02 Å². The lowest BCUT2D eigenvalue weighted by molar-refractivity contribution is 0.867. The number of halogens is 3. The highest BCUT2D eigenvalue weighted by atomic mass is 79.9. The van der Waals surface area contributed by atoms with Crippen LogP contribution in [0.4, 0.5) is 5.82 Å². The SMILES string of the molecule is CCCc1nc(-c2ccc(Cl)c(Br)c2)nc(NCC)c1Br. The van der Waals surface area contributed by atoms with Crippen molar-refractivity contribution in [2.45, 2.75) is 26.7 Å². The lowest BCUT2D eigenvalue weighted by Gasteiger charge is -2.12. The summed E-state index contributed by atoms with van der Waals surface area (Å²) in [4.78, 5) is 9.30. The number of nitrogens with one attached hydrogen (secondary N) is 1. The molecule has 0 spiro atoms. The second kappa shape index (κ2) is 7.56. The van der Waals surface area contributed by atoms with Gasteiger partial charge in [0.15, 0.2) is 5.82 Å². The fourth-order valence-electron chi connectivity index (χ4n) is 1.94. The molecule has 0 aliphatic rings. The monoisotopic (exact) mass is 431 g/mol. The summed E-state index contributed by atoms with van der Waals surface area (Å²) in [6, 6.07) is 5.72. The highest BCUT2D eigenvalue weighted by molar-refractivity contribution is 9.11. The molecule has 0 bridgehead atoms. The fourth-order valence-corrected chi connectivity index (χ4v) is 2.96. The quantitative estimate of drug-likeness (QED) is 0.657. The van der Waals surface area contributed by atoms with Gasteiger partial charge in [-0.05, 0) is 63.4 Å². The average molecular weight is 434 g/mol. The Hall–Kier alpha value is -0.650. The number of aryl methyl sites for hydroxylation is 1. The smallest absolute Gasteiger partial charge is 0.161 e. The maximum Gasteiger partial charge on any atom is 0.161 e. The summed E-state index contributed by atoms with van der Waals surface area (Å²) in [5, 5.41) is 3.95. The molecular formula is C15H16Br2ClN3. The number of hydrogen-bond donors (Lipinski definition) is 1. The number of hydrogen-bond acceptors (Lipinski definition) is 3. The van der Waals surface area contributed by atoms with Gasteiger partial charge in [0.25, 0.3) is 0 Å². The Morgan fingerprint density at radius 3 is 2.57 bits per heavy atom. The van der Waals surface area contributed by atoms with Crippen LogP contribution in [-0.4, -0.2) is 16.5 Å². The van der Waals surface area contributed by atoms with Gasteiger partial charge in [0.1, 0.15) is 5.82 Å². The van der Waals surface area contributed by atoms with E-state index < -0.39 is 0 Å². The average Bonchev–Trinajstić information content (AvgIpc) is 2.46. The molecule has 112 valence electrons. The van der Waals surface area contributed by atoms with Gasteiger partial charge in [0.2, 0.25) is 0 Å². The van der Waals surface area contributed by atoms with Crippen LogP contribution < -0.4 is 5.32 Å². The van der Waals surface area contributed by atoms with Gasteiger partial charge in [-0.3, -0.25) is 0 Å². The number of benzene rings is 1. The fraction of sp³-hybridized carbons (Fsp3) is 0.333. The number of aromatic nitrogens is 2. The highest BCUT2D eigenvalue weighted by Gasteiger charge is 2.13. The molecule has 0 amide bonds. The van der Waals surface area contributed by atoms with Gasteiger partial charge < -0.3 is 5.32 Å². The topological polar surface area (TPSA) is 37.8 Å². The third-order valence-electron chi connectivity index (χ3n) is 2.93. The summed E-state index contributed by atoms with van der Waals surface area (Å²) in [6.45, 7) is 5.00. The largest absolute Gasteiger partial charge is 0.369 e. The molecule has 1 aromatic carbocycles. The maximum atomic E-state index is 6.05. The normalized spacial score (nSPS) is 10.7. The third-order valence-corrected chi connectivity index (χ3v) is 4.98. The summed E-state index contributed by atoms with van der Waals surface area (Å²) >= 11 is 13.1. The van der Waals surface area contributed by atoms with Crippen LogP contribution in [0.15, 0.2) is 27.1 Å². The summed E-state index contributed by atoms with van der Waals surface area (Å²) < 4.78 is 1.79. The molecule has 0 saturated heterocycles. The minimum absolute atomic E-state index is 0.677. The predicted molar refractivity (Wildman–Crippen MR) is 96.0 cm³/mol. The molecule has 0 fully saturated rings. The van der Waals surface area contributed by atoms with Gasteiger partial charge in [-0.1, -0.05) is 24.9 Å². The molecule has 0 aliphatic heterocycles. The Kier molecular flexibility index (Phi) is 6.02. The van der Waals surface area contributed by atoms with E-state index in [1.807, 2.05) is 25.1 Å². The van der Waals surface area contributed by atoms with Crippen molar-refractivity contribution in [3.63, 3.8) is 0 Å². The predicted octanol–water partition coefficient (Wildman–Crippen LogP) is 5.71. The molecule has 1 aromatic heterocycles. The third kappa shape index (κ3) is 3.96. The molecular weight excluding hydrogens is 417 g/mol. The van der Waals surface area contributed by atoms with E-state index in [-0.39, 0.29) is 0 Å². The van der Waals surface area contributed by atoms with Crippen molar-refractivity contribution in [1.82, 2.24) is 9.97 Å². The molecule has 0 unspecified atom stereocenters. The van der Waals surface area contributed by atoms with Crippen molar-refractivity contribution in [3.05, 3.63) is 37.9 Å². The first-order valence-electron chi connectivity index (χ1n) is 6.82. The molecule has 6 heteroatoms. The zero-order valence-corrected chi connectivity index (χ0v) is 15.8. The maximum absolute atomic E-state index is 6.05. The zero-order valence-electron chi connectivity index (χ0n) is 11.9. The summed E-state index contributed by atoms with van der Waals surface area (Å²) in [5.74, 6) is 1.53. The molecule has 0 atom stereocenters.